The van der Waals surface area contributed by atoms with Crippen molar-refractivity contribution in [3.05, 3.63) is 30.2 Å². The number of hydrogen-bond donors (Lipinski definition) is 0. The molecule has 0 amide bonds. The summed E-state index contributed by atoms with van der Waals surface area (Å²) in [6.45, 7) is 4.14. The van der Waals surface area contributed by atoms with Crippen LogP contribution in [-0.2, 0) is 0 Å². The molecule has 4 heteroatoms. The zero-order valence-electron chi connectivity index (χ0n) is 6.53. The van der Waals surface area contributed by atoms with Crippen molar-refractivity contribution in [3.8, 4) is 5.88 Å². The first-order valence-electron chi connectivity index (χ1n) is 3.55. The Morgan fingerprint density at radius 3 is 3.17 bits per heavy atom. The van der Waals surface area contributed by atoms with Crippen LogP contribution in [0, 0.1) is 0 Å². The maximum Gasteiger partial charge on any atom is 0.225 e. The highest BCUT2D eigenvalue weighted by Crippen LogP contribution is 2.08. The van der Waals surface area contributed by atoms with E-state index in [2.05, 4.69) is 16.5 Å². The normalized spacial score (nSPS) is 9.42. The fourth-order valence-electron chi connectivity index (χ4n) is 0.647. The Hall–Kier alpha value is -1.09. The molecule has 0 aliphatic rings. The van der Waals surface area contributed by atoms with E-state index in [4.69, 9.17) is 16.3 Å². The van der Waals surface area contributed by atoms with E-state index >= 15 is 0 Å². The van der Waals surface area contributed by atoms with Gasteiger partial charge in [0, 0.05) is 12.3 Å². The van der Waals surface area contributed by atoms with Crippen LogP contribution in [0.3, 0.4) is 0 Å². The van der Waals surface area contributed by atoms with Crippen molar-refractivity contribution < 1.29 is 4.74 Å². The molecule has 0 radical (unpaired) electrons. The third kappa shape index (κ3) is 2.88. The first-order valence-corrected chi connectivity index (χ1v) is 3.93. The Labute approximate surface area is 76.1 Å². The summed E-state index contributed by atoms with van der Waals surface area (Å²) in [7, 11) is 0. The van der Waals surface area contributed by atoms with Gasteiger partial charge in [0.05, 0.1) is 6.61 Å². The van der Waals surface area contributed by atoms with Gasteiger partial charge in [-0.1, -0.05) is 6.08 Å². The lowest BCUT2D eigenvalue weighted by Gasteiger charge is -2.01. The molecule has 0 bridgehead atoms. The van der Waals surface area contributed by atoms with Gasteiger partial charge in [-0.05, 0) is 18.0 Å². The van der Waals surface area contributed by atoms with E-state index < -0.39 is 0 Å². The number of hydrogen-bond acceptors (Lipinski definition) is 3. The van der Waals surface area contributed by atoms with E-state index in [1.807, 2.05) is 0 Å². The minimum atomic E-state index is 0.200. The predicted octanol–water partition coefficient (Wildman–Crippen LogP) is 2.08. The minimum absolute atomic E-state index is 0.200. The summed E-state index contributed by atoms with van der Waals surface area (Å²) in [6.07, 6.45) is 4.13. The van der Waals surface area contributed by atoms with Crippen molar-refractivity contribution in [3.63, 3.8) is 0 Å². The number of halogens is 1. The predicted molar refractivity (Wildman–Crippen MR) is 47.4 cm³/mol. The van der Waals surface area contributed by atoms with Crippen LogP contribution < -0.4 is 4.74 Å². The van der Waals surface area contributed by atoms with Crippen LogP contribution in [0.25, 0.3) is 0 Å². The van der Waals surface area contributed by atoms with Gasteiger partial charge in [0.25, 0.3) is 0 Å². The molecule has 0 aliphatic carbocycles. The molecule has 0 N–H and O–H groups in total. The summed E-state index contributed by atoms with van der Waals surface area (Å²) in [5.74, 6) is 0.497. The lowest BCUT2D eigenvalue weighted by atomic mass is 10.4. The molecule has 1 aromatic heterocycles. The lowest BCUT2D eigenvalue weighted by Crippen LogP contribution is -1.97. The fraction of sp³-hybridized carbons (Fsp3) is 0.250. The molecular formula is C8H9ClN2O. The van der Waals surface area contributed by atoms with Gasteiger partial charge in [0.1, 0.15) is 0 Å². The van der Waals surface area contributed by atoms with Crippen LogP contribution in [-0.4, -0.2) is 16.6 Å². The monoisotopic (exact) mass is 184 g/mol. The van der Waals surface area contributed by atoms with Crippen molar-refractivity contribution in [1.82, 2.24) is 9.97 Å². The number of aromatic nitrogens is 2. The molecule has 1 heterocycles. The van der Waals surface area contributed by atoms with E-state index in [1.165, 1.54) is 0 Å². The second kappa shape index (κ2) is 4.72. The van der Waals surface area contributed by atoms with Crippen LogP contribution in [0.5, 0.6) is 5.88 Å². The molecule has 64 valence electrons. The SMILES string of the molecule is C=CCCOc1ccnc(Cl)n1. The van der Waals surface area contributed by atoms with Gasteiger partial charge in [-0.2, -0.15) is 4.98 Å². The fourth-order valence-corrected chi connectivity index (χ4v) is 0.786. The highest BCUT2D eigenvalue weighted by atomic mass is 35.5. The largest absolute Gasteiger partial charge is 0.477 e. The van der Waals surface area contributed by atoms with Crippen LogP contribution in [0.4, 0.5) is 0 Å². The summed E-state index contributed by atoms with van der Waals surface area (Å²) < 4.78 is 5.22. The topological polar surface area (TPSA) is 35.0 Å². The smallest absolute Gasteiger partial charge is 0.225 e. The van der Waals surface area contributed by atoms with Gasteiger partial charge in [-0.15, -0.1) is 6.58 Å². The van der Waals surface area contributed by atoms with Gasteiger partial charge in [0.2, 0.25) is 11.2 Å². The Bertz CT molecular complexity index is 265. The van der Waals surface area contributed by atoms with Crippen LogP contribution in [0.2, 0.25) is 5.28 Å². The van der Waals surface area contributed by atoms with E-state index in [0.717, 1.165) is 6.42 Å². The first-order chi connectivity index (χ1) is 5.83. The van der Waals surface area contributed by atoms with Crippen molar-refractivity contribution in [2.75, 3.05) is 6.61 Å². The zero-order valence-corrected chi connectivity index (χ0v) is 7.29. The maximum atomic E-state index is 5.54. The van der Waals surface area contributed by atoms with E-state index in [0.29, 0.717) is 12.5 Å². The third-order valence-electron chi connectivity index (χ3n) is 1.17. The maximum absolute atomic E-state index is 5.54. The van der Waals surface area contributed by atoms with E-state index in [9.17, 15) is 0 Å². The molecule has 0 aliphatic heterocycles. The molecule has 12 heavy (non-hydrogen) atoms. The molecule has 0 atom stereocenters. The molecule has 0 saturated heterocycles. The van der Waals surface area contributed by atoms with Crippen molar-refractivity contribution in [2.24, 2.45) is 0 Å². The number of rotatable bonds is 4. The molecule has 0 fully saturated rings. The second-order valence-corrected chi connectivity index (χ2v) is 2.43. The standard InChI is InChI=1S/C8H9ClN2O/c1-2-3-6-12-7-4-5-10-8(9)11-7/h2,4-5H,1,3,6H2. The summed E-state index contributed by atoms with van der Waals surface area (Å²) in [4.78, 5) is 7.57. The highest BCUT2D eigenvalue weighted by molar-refractivity contribution is 6.28. The Morgan fingerprint density at radius 2 is 2.50 bits per heavy atom. The first kappa shape index (κ1) is 9.00. The average Bonchev–Trinajstić information content (AvgIpc) is 2.05. The Morgan fingerprint density at radius 1 is 1.67 bits per heavy atom. The third-order valence-corrected chi connectivity index (χ3v) is 1.35. The van der Waals surface area contributed by atoms with Gasteiger partial charge >= 0.3 is 0 Å². The van der Waals surface area contributed by atoms with Crippen molar-refractivity contribution in [1.29, 1.82) is 0 Å². The summed E-state index contributed by atoms with van der Waals surface area (Å²) in [5.41, 5.74) is 0. The Balaban J connectivity index is 2.46. The van der Waals surface area contributed by atoms with Crippen molar-refractivity contribution in [2.45, 2.75) is 6.42 Å². The molecule has 0 spiro atoms. The lowest BCUT2D eigenvalue weighted by molar-refractivity contribution is 0.312. The van der Waals surface area contributed by atoms with Gasteiger partial charge in [-0.25, -0.2) is 4.98 Å². The molecule has 3 nitrogen and oxygen atoms in total. The van der Waals surface area contributed by atoms with E-state index in [1.54, 1.807) is 18.3 Å². The van der Waals surface area contributed by atoms with E-state index in [-0.39, 0.29) is 5.28 Å². The zero-order chi connectivity index (χ0) is 8.81. The number of nitrogens with zero attached hydrogens (tertiary/aromatic N) is 2. The molecule has 1 rings (SSSR count). The van der Waals surface area contributed by atoms with Crippen LogP contribution in [0.1, 0.15) is 6.42 Å². The molecule has 0 unspecified atom stereocenters. The highest BCUT2D eigenvalue weighted by Gasteiger charge is 1.95. The van der Waals surface area contributed by atoms with Crippen molar-refractivity contribution >= 4 is 11.6 Å². The van der Waals surface area contributed by atoms with Gasteiger partial charge in [0.15, 0.2) is 0 Å². The second-order valence-electron chi connectivity index (χ2n) is 2.09. The quantitative estimate of drug-likeness (QED) is 0.408. The average molecular weight is 185 g/mol. The summed E-state index contributed by atoms with van der Waals surface area (Å²) in [5, 5.41) is 0.200. The molecule has 1 aromatic rings. The van der Waals surface area contributed by atoms with Crippen LogP contribution in [0.15, 0.2) is 24.9 Å². The minimum Gasteiger partial charge on any atom is -0.477 e. The summed E-state index contributed by atoms with van der Waals surface area (Å²) >= 11 is 5.54. The Kier molecular flexibility index (Phi) is 3.54. The number of ether oxygens (including phenoxy) is 1. The molecule has 0 saturated carbocycles. The van der Waals surface area contributed by atoms with Gasteiger partial charge in [-0.3, -0.25) is 0 Å². The van der Waals surface area contributed by atoms with Crippen LogP contribution >= 0.6 is 11.6 Å². The van der Waals surface area contributed by atoms with Gasteiger partial charge < -0.3 is 4.74 Å². The molecule has 0 aromatic carbocycles. The molecular weight excluding hydrogens is 176 g/mol. The summed E-state index contributed by atoms with van der Waals surface area (Å²) in [6, 6.07) is 1.66.